The first kappa shape index (κ1) is 25.1. The van der Waals surface area contributed by atoms with Crippen LogP contribution >= 0.6 is 34.5 Å². The lowest BCUT2D eigenvalue weighted by atomic mass is 9.61. The molecule has 1 N–H and O–H groups in total. The van der Waals surface area contributed by atoms with Gasteiger partial charge in [0.25, 0.3) is 5.19 Å². The molecule has 1 spiro atoms. The Morgan fingerprint density at radius 1 is 1.13 bits per heavy atom. The summed E-state index contributed by atoms with van der Waals surface area (Å²) in [5.74, 6) is -0.486. The van der Waals surface area contributed by atoms with Crippen molar-refractivity contribution in [3.63, 3.8) is 0 Å². The van der Waals surface area contributed by atoms with E-state index in [0.717, 1.165) is 68.0 Å². The Hall–Kier alpha value is -2.94. The van der Waals surface area contributed by atoms with Gasteiger partial charge in [-0.15, -0.1) is 0 Å². The Morgan fingerprint density at radius 2 is 1.85 bits per heavy atom. The van der Waals surface area contributed by atoms with Crippen LogP contribution in [0, 0.1) is 11.2 Å². The van der Waals surface area contributed by atoms with Gasteiger partial charge in [0.1, 0.15) is 23.1 Å². The number of carbonyl (C=O) groups is 1. The van der Waals surface area contributed by atoms with E-state index in [1.165, 1.54) is 23.0 Å². The first-order valence-electron chi connectivity index (χ1n) is 13.0. The minimum Gasteiger partial charge on any atom is -0.478 e. The van der Waals surface area contributed by atoms with Gasteiger partial charge in [0.05, 0.1) is 20.3 Å². The number of carboxylic acid groups (broad SMARTS) is 1. The highest BCUT2D eigenvalue weighted by Gasteiger charge is 2.44. The van der Waals surface area contributed by atoms with E-state index in [1.807, 2.05) is 18.2 Å². The van der Waals surface area contributed by atoms with Crippen molar-refractivity contribution in [2.45, 2.75) is 57.0 Å². The summed E-state index contributed by atoms with van der Waals surface area (Å²) in [7, 11) is 0. The molecule has 3 aliphatic rings. The molecule has 2 saturated carbocycles. The standard InChI is InChI=1S/C29H23Cl2FN2O4S/c30-18-2-1-3-19(31)23(18)25-22(26(38-34-25)14-4-5-14)16-12-29(13-16)8-6-17(7-9-29)37-28-33-24-20(32)10-15(27(35)36)11-21(24)39-28/h1-3,10-12,14,17H,4-9,13H2,(H,35,36). The van der Waals surface area contributed by atoms with Gasteiger partial charge in [-0.1, -0.05) is 51.8 Å². The van der Waals surface area contributed by atoms with Gasteiger partial charge < -0.3 is 14.4 Å². The normalized spacial score (nSPS) is 22.6. The van der Waals surface area contributed by atoms with Gasteiger partial charge in [-0.2, -0.15) is 4.98 Å². The monoisotopic (exact) mass is 584 g/mol. The number of nitrogens with zero attached hydrogens (tertiary/aromatic N) is 2. The van der Waals surface area contributed by atoms with Gasteiger partial charge in [-0.25, -0.2) is 9.18 Å². The second-order valence-electron chi connectivity index (χ2n) is 10.8. The summed E-state index contributed by atoms with van der Waals surface area (Å²) < 4.78 is 26.8. The second kappa shape index (κ2) is 9.32. The highest BCUT2D eigenvalue weighted by atomic mass is 35.5. The largest absolute Gasteiger partial charge is 0.478 e. The molecule has 0 amide bonds. The molecule has 0 radical (unpaired) electrons. The lowest BCUT2D eigenvalue weighted by molar-refractivity contribution is 0.0696. The number of fused-ring (bicyclic) bond motifs is 1. The molecule has 2 fully saturated rings. The number of allylic oxidation sites excluding steroid dienone is 2. The number of thiazole rings is 1. The van der Waals surface area contributed by atoms with Crippen molar-refractivity contribution >= 4 is 56.3 Å². The first-order chi connectivity index (χ1) is 18.8. The molecule has 2 aromatic carbocycles. The Kier molecular flexibility index (Phi) is 5.99. The minimum absolute atomic E-state index is 0.0225. The van der Waals surface area contributed by atoms with Crippen LogP contribution < -0.4 is 4.74 Å². The van der Waals surface area contributed by atoms with Crippen LogP contribution in [-0.2, 0) is 0 Å². The highest BCUT2D eigenvalue weighted by Crippen LogP contribution is 2.57. The Labute approximate surface area is 237 Å². The van der Waals surface area contributed by atoms with E-state index >= 15 is 0 Å². The van der Waals surface area contributed by atoms with Crippen molar-refractivity contribution in [2.24, 2.45) is 5.41 Å². The fourth-order valence-electron chi connectivity index (χ4n) is 5.90. The number of hydrogen-bond donors (Lipinski definition) is 1. The van der Waals surface area contributed by atoms with Gasteiger partial charge in [-0.05, 0) is 80.2 Å². The maximum atomic E-state index is 14.4. The molecule has 0 saturated heterocycles. The van der Waals surface area contributed by atoms with E-state index in [2.05, 4.69) is 16.2 Å². The van der Waals surface area contributed by atoms with Crippen LogP contribution in [0.25, 0.3) is 27.0 Å². The molecule has 3 aliphatic carbocycles. The smallest absolute Gasteiger partial charge is 0.335 e. The van der Waals surface area contributed by atoms with Crippen molar-refractivity contribution in [3.05, 3.63) is 69.2 Å². The Morgan fingerprint density at radius 3 is 2.51 bits per heavy atom. The fourth-order valence-corrected chi connectivity index (χ4v) is 7.41. The molecule has 7 rings (SSSR count). The molecule has 6 nitrogen and oxygen atoms in total. The van der Waals surface area contributed by atoms with E-state index in [4.69, 9.17) is 32.5 Å². The molecule has 0 bridgehead atoms. The second-order valence-corrected chi connectivity index (χ2v) is 12.6. The van der Waals surface area contributed by atoms with Gasteiger partial charge >= 0.3 is 5.97 Å². The average Bonchev–Trinajstić information content (AvgIpc) is 3.51. The van der Waals surface area contributed by atoms with Gasteiger partial charge in [0.15, 0.2) is 5.82 Å². The van der Waals surface area contributed by atoms with Crippen LogP contribution in [-0.4, -0.2) is 27.3 Å². The van der Waals surface area contributed by atoms with E-state index in [0.29, 0.717) is 31.4 Å². The number of ether oxygens (including phenoxy) is 1. The minimum atomic E-state index is -1.17. The number of benzene rings is 2. The topological polar surface area (TPSA) is 85.5 Å². The molecule has 4 aromatic rings. The average molecular weight is 585 g/mol. The highest BCUT2D eigenvalue weighted by molar-refractivity contribution is 7.20. The number of carboxylic acids is 1. The van der Waals surface area contributed by atoms with E-state index < -0.39 is 11.8 Å². The summed E-state index contributed by atoms with van der Waals surface area (Å²) in [6, 6.07) is 7.90. The third-order valence-corrected chi connectivity index (χ3v) is 9.61. The summed E-state index contributed by atoms with van der Waals surface area (Å²) in [5, 5.41) is 15.1. The fraction of sp³-hybridized carbons (Fsp3) is 0.345. The molecule has 0 atom stereocenters. The number of aromatic nitrogens is 2. The van der Waals surface area contributed by atoms with Crippen LogP contribution in [0.4, 0.5) is 4.39 Å². The van der Waals surface area contributed by atoms with Crippen molar-refractivity contribution < 1.29 is 23.6 Å². The number of rotatable bonds is 6. The molecule has 10 heteroatoms. The van der Waals surface area contributed by atoms with E-state index in [9.17, 15) is 14.3 Å². The van der Waals surface area contributed by atoms with Crippen LogP contribution in [0.5, 0.6) is 5.19 Å². The SMILES string of the molecule is O=C(O)c1cc(F)c2nc(OC3CCC4(C=C(c5c(-c6c(Cl)cccc6Cl)noc5C5CC5)C4)CC3)sc2c1. The zero-order valence-corrected chi connectivity index (χ0v) is 23.0. The predicted molar refractivity (Wildman–Crippen MR) is 148 cm³/mol. The van der Waals surface area contributed by atoms with Crippen molar-refractivity contribution in [3.8, 4) is 16.5 Å². The third kappa shape index (κ3) is 4.42. The zero-order valence-electron chi connectivity index (χ0n) is 20.7. The van der Waals surface area contributed by atoms with Gasteiger partial charge in [0, 0.05) is 17.0 Å². The summed E-state index contributed by atoms with van der Waals surface area (Å²) in [6.07, 6.45) is 9.12. The zero-order chi connectivity index (χ0) is 26.9. The number of aromatic carboxylic acids is 1. The molecular formula is C29H23Cl2FN2O4S. The van der Waals surface area contributed by atoms with Crippen LogP contribution in [0.3, 0.4) is 0 Å². The summed E-state index contributed by atoms with van der Waals surface area (Å²) in [6.45, 7) is 0. The van der Waals surface area contributed by atoms with Crippen LogP contribution in [0.1, 0.15) is 72.5 Å². The summed E-state index contributed by atoms with van der Waals surface area (Å²) in [5.41, 5.74) is 3.87. The number of halogens is 3. The molecule has 200 valence electrons. The molecule has 2 heterocycles. The molecular weight excluding hydrogens is 562 g/mol. The number of hydrogen-bond acceptors (Lipinski definition) is 6. The lowest BCUT2D eigenvalue weighted by Gasteiger charge is -2.45. The van der Waals surface area contributed by atoms with Crippen molar-refractivity contribution in [1.82, 2.24) is 10.1 Å². The predicted octanol–water partition coefficient (Wildman–Crippen LogP) is 8.77. The Balaban J connectivity index is 1.09. The van der Waals surface area contributed by atoms with Crippen molar-refractivity contribution in [1.29, 1.82) is 0 Å². The molecule has 0 aliphatic heterocycles. The third-order valence-electron chi connectivity index (χ3n) is 8.08. The molecule has 2 aromatic heterocycles. The maximum absolute atomic E-state index is 14.4. The maximum Gasteiger partial charge on any atom is 0.335 e. The Bertz CT molecular complexity index is 1650. The summed E-state index contributed by atoms with van der Waals surface area (Å²) >= 11 is 14.3. The first-order valence-corrected chi connectivity index (χ1v) is 14.5. The van der Waals surface area contributed by atoms with Gasteiger partial charge in [0.2, 0.25) is 0 Å². The molecule has 0 unspecified atom stereocenters. The summed E-state index contributed by atoms with van der Waals surface area (Å²) in [4.78, 5) is 15.5. The van der Waals surface area contributed by atoms with Crippen LogP contribution in [0.15, 0.2) is 40.9 Å². The van der Waals surface area contributed by atoms with Gasteiger partial charge in [-0.3, -0.25) is 0 Å². The quantitative estimate of drug-likeness (QED) is 0.244. The van der Waals surface area contributed by atoms with Crippen molar-refractivity contribution in [2.75, 3.05) is 0 Å². The van der Waals surface area contributed by atoms with E-state index in [1.54, 1.807) is 0 Å². The van der Waals surface area contributed by atoms with Crippen LogP contribution in [0.2, 0.25) is 10.0 Å². The molecule has 39 heavy (non-hydrogen) atoms. The lowest BCUT2D eigenvalue weighted by Crippen LogP contribution is -2.35. The van der Waals surface area contributed by atoms with E-state index in [-0.39, 0.29) is 22.6 Å².